The highest BCUT2D eigenvalue weighted by atomic mass is 16.5. The van der Waals surface area contributed by atoms with Crippen LogP contribution in [-0.4, -0.2) is 61.1 Å². The Morgan fingerprint density at radius 2 is 0.932 bits per heavy atom. The maximum Gasteiger partial charge on any atom is 0.307 e. The van der Waals surface area contributed by atoms with Gasteiger partial charge in [0.25, 0.3) is 0 Å². The van der Waals surface area contributed by atoms with E-state index in [1.54, 1.807) is 0 Å². The molecule has 0 amide bonds. The maximum atomic E-state index is 12.1. The van der Waals surface area contributed by atoms with E-state index >= 15 is 0 Å². The summed E-state index contributed by atoms with van der Waals surface area (Å²) in [5, 5.41) is 0. The first kappa shape index (κ1) is 35.0. The average molecular weight is 601 g/mol. The van der Waals surface area contributed by atoms with Crippen LogP contribution in [0, 0.1) is 0 Å². The molecule has 0 fully saturated rings. The molecule has 0 aliphatic rings. The van der Waals surface area contributed by atoms with Gasteiger partial charge >= 0.3 is 11.9 Å². The fourth-order valence-electron chi connectivity index (χ4n) is 5.47. The summed E-state index contributed by atoms with van der Waals surface area (Å²) in [6.45, 7) is 9.34. The molecule has 0 aliphatic heterocycles. The summed E-state index contributed by atoms with van der Waals surface area (Å²) in [4.78, 5) is 29.0. The minimum absolute atomic E-state index is 0.139. The molecule has 3 rings (SSSR count). The van der Waals surface area contributed by atoms with Crippen LogP contribution in [0.25, 0.3) is 0 Å². The Kier molecular flexibility index (Phi) is 16.9. The molecule has 0 bridgehead atoms. The summed E-state index contributed by atoms with van der Waals surface area (Å²) in [7, 11) is 0. The normalized spacial score (nSPS) is 11.2. The van der Waals surface area contributed by atoms with E-state index in [0.29, 0.717) is 39.1 Å². The molecule has 0 atom stereocenters. The summed E-state index contributed by atoms with van der Waals surface area (Å²) in [5.41, 5.74) is 5.21. The number of nitrogens with zero attached hydrogens (tertiary/aromatic N) is 2. The van der Waals surface area contributed by atoms with Gasteiger partial charge in [0.15, 0.2) is 0 Å². The zero-order chi connectivity index (χ0) is 31.2. The quantitative estimate of drug-likeness (QED) is 0.0895. The van der Waals surface area contributed by atoms with Crippen LogP contribution in [-0.2, 0) is 45.0 Å². The molecule has 0 saturated carbocycles. The Bertz CT molecular complexity index is 1110. The Morgan fingerprint density at radius 1 is 0.523 bits per heavy atom. The number of carbonyl (C=O) groups is 2. The SMILES string of the molecule is CCOC(=O)CCN(CCCCc1ccccc1)Cc1cccc(CN(CCCCc2ccccc2)CCC(=O)OCC)c1. The second-order valence-electron chi connectivity index (χ2n) is 11.4. The molecule has 0 unspecified atom stereocenters. The molecule has 0 saturated heterocycles. The summed E-state index contributed by atoms with van der Waals surface area (Å²) < 4.78 is 10.4. The first-order chi connectivity index (χ1) is 21.6. The van der Waals surface area contributed by atoms with Crippen LogP contribution in [0.5, 0.6) is 0 Å². The largest absolute Gasteiger partial charge is 0.466 e. The van der Waals surface area contributed by atoms with Crippen LogP contribution in [0.1, 0.15) is 74.6 Å². The third kappa shape index (κ3) is 14.8. The number of hydrogen-bond acceptors (Lipinski definition) is 6. The number of hydrogen-bond donors (Lipinski definition) is 0. The molecule has 0 radical (unpaired) electrons. The summed E-state index contributed by atoms with van der Waals surface area (Å²) in [5.74, 6) is -0.278. The molecular formula is C38H52N2O4. The van der Waals surface area contributed by atoms with Gasteiger partial charge in [-0.3, -0.25) is 19.4 Å². The molecular weight excluding hydrogens is 548 g/mol. The van der Waals surface area contributed by atoms with Gasteiger partial charge in [-0.15, -0.1) is 0 Å². The minimum Gasteiger partial charge on any atom is -0.466 e. The smallest absolute Gasteiger partial charge is 0.307 e. The third-order valence-electron chi connectivity index (χ3n) is 7.74. The lowest BCUT2D eigenvalue weighted by Crippen LogP contribution is -2.29. The zero-order valence-corrected chi connectivity index (χ0v) is 26.9. The molecule has 0 aromatic heterocycles. The highest BCUT2D eigenvalue weighted by Crippen LogP contribution is 2.15. The minimum atomic E-state index is -0.139. The van der Waals surface area contributed by atoms with Crippen LogP contribution in [0.4, 0.5) is 0 Å². The lowest BCUT2D eigenvalue weighted by molar-refractivity contribution is -0.144. The number of benzene rings is 3. The Morgan fingerprint density at radius 3 is 1.34 bits per heavy atom. The molecule has 0 aliphatic carbocycles. The van der Waals surface area contributed by atoms with Crippen molar-refractivity contribution in [3.63, 3.8) is 0 Å². The number of esters is 2. The molecule has 3 aromatic carbocycles. The second-order valence-corrected chi connectivity index (χ2v) is 11.4. The number of rotatable bonds is 22. The van der Waals surface area contributed by atoms with Crippen molar-refractivity contribution in [2.45, 2.75) is 78.3 Å². The average Bonchev–Trinajstić information content (AvgIpc) is 3.04. The lowest BCUT2D eigenvalue weighted by atomic mass is 10.1. The Hall–Kier alpha value is -3.48. The first-order valence-electron chi connectivity index (χ1n) is 16.5. The van der Waals surface area contributed by atoms with E-state index in [0.717, 1.165) is 64.7 Å². The van der Waals surface area contributed by atoms with Gasteiger partial charge < -0.3 is 9.47 Å². The summed E-state index contributed by atoms with van der Waals surface area (Å²) in [6, 6.07) is 30.0. The van der Waals surface area contributed by atoms with Gasteiger partial charge in [-0.05, 0) is 87.7 Å². The van der Waals surface area contributed by atoms with Crippen LogP contribution in [0.2, 0.25) is 0 Å². The summed E-state index contributed by atoms with van der Waals surface area (Å²) in [6.07, 6.45) is 7.29. The van der Waals surface area contributed by atoms with Crippen LogP contribution >= 0.6 is 0 Å². The van der Waals surface area contributed by atoms with Crippen molar-refractivity contribution in [2.24, 2.45) is 0 Å². The fraction of sp³-hybridized carbons (Fsp3) is 0.474. The monoisotopic (exact) mass is 600 g/mol. The van der Waals surface area contributed by atoms with Gasteiger partial charge in [0.2, 0.25) is 0 Å². The molecule has 0 spiro atoms. The molecule has 238 valence electrons. The molecule has 3 aromatic rings. The zero-order valence-electron chi connectivity index (χ0n) is 26.9. The third-order valence-corrected chi connectivity index (χ3v) is 7.74. The number of ether oxygens (including phenoxy) is 2. The van der Waals surface area contributed by atoms with Crippen molar-refractivity contribution in [1.29, 1.82) is 0 Å². The van der Waals surface area contributed by atoms with E-state index < -0.39 is 0 Å². The van der Waals surface area contributed by atoms with Crippen LogP contribution < -0.4 is 0 Å². The Balaban J connectivity index is 1.58. The fourth-order valence-corrected chi connectivity index (χ4v) is 5.47. The highest BCUT2D eigenvalue weighted by Gasteiger charge is 2.13. The topological polar surface area (TPSA) is 59.1 Å². The van der Waals surface area contributed by atoms with Crippen molar-refractivity contribution in [1.82, 2.24) is 9.80 Å². The van der Waals surface area contributed by atoms with E-state index in [4.69, 9.17) is 9.47 Å². The molecule has 0 N–H and O–H groups in total. The van der Waals surface area contributed by atoms with Crippen molar-refractivity contribution in [3.8, 4) is 0 Å². The van der Waals surface area contributed by atoms with Crippen molar-refractivity contribution in [2.75, 3.05) is 39.4 Å². The number of carbonyl (C=O) groups excluding carboxylic acids is 2. The maximum absolute atomic E-state index is 12.1. The van der Waals surface area contributed by atoms with Crippen molar-refractivity contribution < 1.29 is 19.1 Å². The predicted molar refractivity (Wildman–Crippen MR) is 178 cm³/mol. The Labute approximate surface area is 265 Å². The van der Waals surface area contributed by atoms with E-state index in [9.17, 15) is 9.59 Å². The van der Waals surface area contributed by atoms with Gasteiger partial charge in [0, 0.05) is 26.2 Å². The second kappa shape index (κ2) is 21.3. The van der Waals surface area contributed by atoms with E-state index in [2.05, 4.69) is 94.7 Å². The lowest BCUT2D eigenvalue weighted by Gasteiger charge is -2.24. The standard InChI is InChI=1S/C38H52N2O4/c1-3-43-37(41)24-28-39(26-13-11-20-33-16-7-5-8-17-33)31-35-22-15-23-36(30-35)32-40(29-25-38(42)44-4-2)27-14-12-21-34-18-9-6-10-19-34/h5-10,15-19,22-23,30H,3-4,11-14,20-21,24-29,31-32H2,1-2H3. The molecule has 6 heteroatoms. The van der Waals surface area contributed by atoms with Crippen LogP contribution in [0.3, 0.4) is 0 Å². The molecule has 44 heavy (non-hydrogen) atoms. The number of unbranched alkanes of at least 4 members (excludes halogenated alkanes) is 2. The van der Waals surface area contributed by atoms with Gasteiger partial charge in [-0.2, -0.15) is 0 Å². The molecule has 6 nitrogen and oxygen atoms in total. The van der Waals surface area contributed by atoms with Crippen molar-refractivity contribution in [3.05, 3.63) is 107 Å². The number of aryl methyl sites for hydroxylation is 2. The van der Waals surface area contributed by atoms with E-state index in [1.165, 1.54) is 22.3 Å². The van der Waals surface area contributed by atoms with E-state index in [-0.39, 0.29) is 11.9 Å². The van der Waals surface area contributed by atoms with Gasteiger partial charge in [-0.1, -0.05) is 84.9 Å². The van der Waals surface area contributed by atoms with E-state index in [1.807, 2.05) is 13.8 Å². The van der Waals surface area contributed by atoms with Crippen molar-refractivity contribution >= 4 is 11.9 Å². The highest BCUT2D eigenvalue weighted by molar-refractivity contribution is 5.69. The first-order valence-corrected chi connectivity index (χ1v) is 16.5. The predicted octanol–water partition coefficient (Wildman–Crippen LogP) is 7.24. The van der Waals surface area contributed by atoms with Gasteiger partial charge in [0.1, 0.15) is 0 Å². The molecule has 0 heterocycles. The van der Waals surface area contributed by atoms with Gasteiger partial charge in [0.05, 0.1) is 26.1 Å². The van der Waals surface area contributed by atoms with Gasteiger partial charge in [-0.25, -0.2) is 0 Å². The summed E-state index contributed by atoms with van der Waals surface area (Å²) >= 11 is 0. The van der Waals surface area contributed by atoms with Crippen LogP contribution in [0.15, 0.2) is 84.9 Å².